The lowest BCUT2D eigenvalue weighted by molar-refractivity contribution is -0.117. The number of urea groups is 1. The number of rotatable bonds is 7. The first kappa shape index (κ1) is 26.6. The minimum Gasteiger partial charge on any atom is -0.491 e. The van der Waals surface area contributed by atoms with E-state index in [1.54, 1.807) is 0 Å². The van der Waals surface area contributed by atoms with E-state index in [4.69, 9.17) is 4.74 Å². The largest absolute Gasteiger partial charge is 0.491 e. The molecule has 1 aromatic rings. The van der Waals surface area contributed by atoms with Crippen LogP contribution in [0.3, 0.4) is 0 Å². The van der Waals surface area contributed by atoms with Gasteiger partial charge in [-0.25, -0.2) is 4.79 Å². The van der Waals surface area contributed by atoms with E-state index in [0.29, 0.717) is 11.3 Å². The zero-order valence-electron chi connectivity index (χ0n) is 22.2. The summed E-state index contributed by atoms with van der Waals surface area (Å²) in [4.78, 5) is 41.2. The van der Waals surface area contributed by atoms with E-state index in [2.05, 4.69) is 27.8 Å². The molecule has 10 heteroatoms. The third-order valence-corrected chi connectivity index (χ3v) is 9.04. The fourth-order valence-corrected chi connectivity index (χ4v) is 7.51. The molecule has 3 heterocycles. The molecule has 38 heavy (non-hydrogen) atoms. The first-order valence-corrected chi connectivity index (χ1v) is 14.4. The molecule has 1 aliphatic carbocycles. The Kier molecular flexibility index (Phi) is 7.72. The third kappa shape index (κ3) is 5.29. The van der Waals surface area contributed by atoms with E-state index < -0.39 is 0 Å². The molecule has 1 aromatic carbocycles. The zero-order chi connectivity index (χ0) is 27.0. The van der Waals surface area contributed by atoms with Crippen molar-refractivity contribution < 1.29 is 19.1 Å². The Morgan fingerprint density at radius 3 is 2.68 bits per heavy atom. The molecule has 3 aliphatic heterocycles. The lowest BCUT2D eigenvalue weighted by Crippen LogP contribution is -2.62. The molecule has 4 aliphatic rings. The summed E-state index contributed by atoms with van der Waals surface area (Å²) in [6.45, 7) is 10.3. The molecule has 0 radical (unpaired) electrons. The van der Waals surface area contributed by atoms with E-state index in [-0.39, 0.29) is 53.4 Å². The number of anilines is 1. The van der Waals surface area contributed by atoms with Crippen LogP contribution in [0.5, 0.6) is 5.75 Å². The van der Waals surface area contributed by atoms with Gasteiger partial charge >= 0.3 is 6.03 Å². The molecule has 4 N–H and O–H groups in total. The summed E-state index contributed by atoms with van der Waals surface area (Å²) in [6.07, 6.45) is 5.50. The van der Waals surface area contributed by atoms with Gasteiger partial charge in [0.2, 0.25) is 5.91 Å². The number of thioether (sulfide) groups is 1. The van der Waals surface area contributed by atoms with Crippen molar-refractivity contribution in [3.8, 4) is 5.75 Å². The SMILES string of the molecule is C=CC(=O)N[C@H]1CCC[C@@H](NC(=O)C2=C3NC(=O)N(c4ccc(OC(C)C)cc4C)C4CCNC(S2)C34)C1. The van der Waals surface area contributed by atoms with Crippen LogP contribution in [0.4, 0.5) is 10.5 Å². The van der Waals surface area contributed by atoms with E-state index in [9.17, 15) is 14.4 Å². The number of carbonyl (C=O) groups is 3. The Morgan fingerprint density at radius 2 is 1.97 bits per heavy atom. The van der Waals surface area contributed by atoms with Crippen LogP contribution >= 0.6 is 11.8 Å². The molecule has 0 bridgehead atoms. The average molecular weight is 540 g/mol. The molecular weight excluding hydrogens is 502 g/mol. The van der Waals surface area contributed by atoms with E-state index in [1.807, 2.05) is 43.9 Å². The third-order valence-electron chi connectivity index (χ3n) is 7.69. The molecule has 0 spiro atoms. The molecule has 3 unspecified atom stereocenters. The van der Waals surface area contributed by atoms with Crippen molar-refractivity contribution in [1.29, 1.82) is 0 Å². The minimum absolute atomic E-state index is 0.0100. The van der Waals surface area contributed by atoms with Gasteiger partial charge in [0.05, 0.1) is 22.4 Å². The number of aryl methyl sites for hydroxylation is 1. The van der Waals surface area contributed by atoms with E-state index >= 15 is 0 Å². The van der Waals surface area contributed by atoms with Gasteiger partial charge in [0.1, 0.15) is 5.75 Å². The summed E-state index contributed by atoms with van der Waals surface area (Å²) in [5, 5.41) is 12.8. The number of benzene rings is 1. The number of amides is 4. The number of carbonyl (C=O) groups excluding carboxylic acids is 3. The normalized spacial score (nSPS) is 28.5. The molecule has 204 valence electrons. The Labute approximate surface area is 228 Å². The van der Waals surface area contributed by atoms with Crippen LogP contribution < -0.4 is 30.9 Å². The maximum Gasteiger partial charge on any atom is 0.326 e. The van der Waals surface area contributed by atoms with Crippen LogP contribution in [0, 0.1) is 12.8 Å². The number of hydrogen-bond donors (Lipinski definition) is 4. The van der Waals surface area contributed by atoms with Gasteiger partial charge in [0.25, 0.3) is 5.91 Å². The summed E-state index contributed by atoms with van der Waals surface area (Å²) in [5.74, 6) is 0.433. The van der Waals surface area contributed by atoms with Gasteiger partial charge in [-0.3, -0.25) is 14.5 Å². The summed E-state index contributed by atoms with van der Waals surface area (Å²) in [7, 11) is 0. The summed E-state index contributed by atoms with van der Waals surface area (Å²) < 4.78 is 5.84. The fourth-order valence-electron chi connectivity index (χ4n) is 6.11. The van der Waals surface area contributed by atoms with Crippen molar-refractivity contribution in [2.24, 2.45) is 5.92 Å². The summed E-state index contributed by atoms with van der Waals surface area (Å²) in [6, 6.07) is 5.58. The van der Waals surface area contributed by atoms with Gasteiger partial charge in [-0.2, -0.15) is 0 Å². The second-order valence-electron chi connectivity index (χ2n) is 10.8. The van der Waals surface area contributed by atoms with Crippen molar-refractivity contribution >= 4 is 35.3 Å². The van der Waals surface area contributed by atoms with Gasteiger partial charge in [-0.05, 0) is 89.3 Å². The minimum atomic E-state index is -0.208. The number of piperidine rings is 1. The predicted octanol–water partition coefficient (Wildman–Crippen LogP) is 3.30. The van der Waals surface area contributed by atoms with Gasteiger partial charge < -0.3 is 26.0 Å². The number of nitrogens with one attached hydrogen (secondary N) is 4. The highest BCUT2D eigenvalue weighted by atomic mass is 32.2. The topological polar surface area (TPSA) is 112 Å². The molecule has 3 fully saturated rings. The van der Waals surface area contributed by atoms with Crippen molar-refractivity contribution in [2.75, 3.05) is 11.4 Å². The molecule has 2 saturated heterocycles. The first-order chi connectivity index (χ1) is 18.2. The molecular formula is C28H37N5O4S. The van der Waals surface area contributed by atoms with Gasteiger partial charge in [0, 0.05) is 29.4 Å². The first-order valence-electron chi connectivity index (χ1n) is 13.5. The molecule has 9 nitrogen and oxygen atoms in total. The Morgan fingerprint density at radius 1 is 1.21 bits per heavy atom. The van der Waals surface area contributed by atoms with Crippen molar-refractivity contribution in [1.82, 2.24) is 21.3 Å². The Hall–Kier alpha value is -2.98. The lowest BCUT2D eigenvalue weighted by atomic mass is 9.86. The van der Waals surface area contributed by atoms with Crippen LogP contribution in [0.2, 0.25) is 0 Å². The van der Waals surface area contributed by atoms with Crippen molar-refractivity contribution in [3.05, 3.63) is 47.0 Å². The predicted molar refractivity (Wildman–Crippen MR) is 149 cm³/mol. The van der Waals surface area contributed by atoms with Gasteiger partial charge in [-0.1, -0.05) is 18.3 Å². The van der Waals surface area contributed by atoms with Crippen LogP contribution in [0.1, 0.15) is 51.5 Å². The molecule has 4 amide bonds. The van der Waals surface area contributed by atoms with E-state index in [0.717, 1.165) is 54.9 Å². The molecule has 0 aromatic heterocycles. The lowest BCUT2D eigenvalue weighted by Gasteiger charge is -2.46. The second kappa shape index (κ2) is 11.0. The number of hydrogen-bond acceptors (Lipinski definition) is 6. The Bertz CT molecular complexity index is 1170. The molecule has 5 atom stereocenters. The van der Waals surface area contributed by atoms with Crippen molar-refractivity contribution in [2.45, 2.75) is 82.5 Å². The number of ether oxygens (including phenoxy) is 1. The van der Waals surface area contributed by atoms with Gasteiger partial charge in [0.15, 0.2) is 0 Å². The highest BCUT2D eigenvalue weighted by Crippen LogP contribution is 2.48. The molecule has 1 saturated carbocycles. The quantitative estimate of drug-likeness (QED) is 0.396. The maximum atomic E-state index is 13.5. The monoisotopic (exact) mass is 539 g/mol. The Balaban J connectivity index is 1.34. The second-order valence-corrected chi connectivity index (χ2v) is 11.9. The van der Waals surface area contributed by atoms with Crippen LogP contribution in [-0.2, 0) is 9.59 Å². The molecule has 5 rings (SSSR count). The summed E-state index contributed by atoms with van der Waals surface area (Å²) in [5.41, 5.74) is 2.56. The smallest absolute Gasteiger partial charge is 0.326 e. The van der Waals surface area contributed by atoms with E-state index in [1.165, 1.54) is 17.8 Å². The van der Waals surface area contributed by atoms with Crippen molar-refractivity contribution in [3.63, 3.8) is 0 Å². The highest BCUT2D eigenvalue weighted by Gasteiger charge is 2.52. The highest BCUT2D eigenvalue weighted by molar-refractivity contribution is 8.04. The van der Waals surface area contributed by atoms with Crippen LogP contribution in [0.25, 0.3) is 0 Å². The summed E-state index contributed by atoms with van der Waals surface area (Å²) >= 11 is 1.51. The van der Waals surface area contributed by atoms with Crippen LogP contribution in [-0.4, -0.2) is 54.0 Å². The standard InChI is InChI=1S/C28H37N5O4S/c1-5-22(34)30-17-7-6-8-18(14-17)31-26(35)25-24-23-21(11-12-29-27(23)38-25)33(28(36)32-24)20-10-9-19(13-16(20)4)37-15(2)3/h5,9-10,13,15,17-18,21,23,27,29H,1,6-8,11-12,14H2,2-4H3,(H,30,34)(H,31,35)(H,32,36)/t17-,18+,21?,23?,27?/m0/s1. The zero-order valence-corrected chi connectivity index (χ0v) is 23.0. The van der Waals surface area contributed by atoms with Gasteiger partial charge in [-0.15, -0.1) is 0 Å². The fraction of sp³-hybridized carbons (Fsp3) is 0.536. The van der Waals surface area contributed by atoms with Crippen LogP contribution in [0.15, 0.2) is 41.5 Å². The number of nitrogens with zero attached hydrogens (tertiary/aromatic N) is 1. The maximum absolute atomic E-state index is 13.5. The average Bonchev–Trinajstić information content (AvgIpc) is 3.24.